The van der Waals surface area contributed by atoms with Crippen molar-refractivity contribution in [3.8, 4) is 0 Å². The summed E-state index contributed by atoms with van der Waals surface area (Å²) in [5.41, 5.74) is 4.66. The van der Waals surface area contributed by atoms with Gasteiger partial charge in [-0.1, -0.05) is 6.08 Å². The number of hydrogen-bond donors (Lipinski definition) is 2. The van der Waals surface area contributed by atoms with Crippen molar-refractivity contribution in [1.29, 1.82) is 0 Å². The molecule has 0 spiro atoms. The number of halogens is 2. The van der Waals surface area contributed by atoms with E-state index < -0.39 is 0 Å². The first-order chi connectivity index (χ1) is 16.0. The van der Waals surface area contributed by atoms with Crippen molar-refractivity contribution in [1.82, 2.24) is 24.7 Å². The van der Waals surface area contributed by atoms with Gasteiger partial charge in [0.05, 0.1) is 10.2 Å². The van der Waals surface area contributed by atoms with E-state index in [9.17, 15) is 9.18 Å². The first-order valence-corrected chi connectivity index (χ1v) is 11.9. The minimum Gasteiger partial charge on any atom is -0.355 e. The van der Waals surface area contributed by atoms with Crippen LogP contribution in [0.2, 0.25) is 0 Å². The Balaban J connectivity index is 1.32. The van der Waals surface area contributed by atoms with E-state index in [1.807, 2.05) is 15.9 Å². The second-order valence-corrected chi connectivity index (χ2v) is 9.41. The van der Waals surface area contributed by atoms with Gasteiger partial charge in [-0.15, -0.1) is 0 Å². The number of piperazine rings is 1. The maximum Gasteiger partial charge on any atom is 0.320 e. The molecule has 33 heavy (non-hydrogen) atoms. The number of rotatable bonds is 3. The standard InChI is InChI=1S/C24H26BrFN6O/c1-30-10-12-32(13-11-30)24(33)31-8-5-16(6-9-31)22-15-18-21(4-7-27-23(18)29-22)28-17-2-3-20(26)19(25)14-17/h2-5,7,14-15H,6,8-13H2,1H3,(H2,27,28,29). The highest BCUT2D eigenvalue weighted by Crippen LogP contribution is 2.31. The van der Waals surface area contributed by atoms with Crippen LogP contribution in [-0.4, -0.2) is 77.0 Å². The monoisotopic (exact) mass is 512 g/mol. The van der Waals surface area contributed by atoms with Crippen molar-refractivity contribution in [3.63, 3.8) is 0 Å². The number of fused-ring (bicyclic) bond motifs is 1. The van der Waals surface area contributed by atoms with E-state index in [4.69, 9.17) is 0 Å². The molecule has 9 heteroatoms. The second kappa shape index (κ2) is 9.15. The minimum atomic E-state index is -0.297. The summed E-state index contributed by atoms with van der Waals surface area (Å²) in [5, 5.41) is 4.32. The normalized spacial score (nSPS) is 17.4. The van der Waals surface area contributed by atoms with Gasteiger partial charge in [0.2, 0.25) is 0 Å². The molecule has 1 fully saturated rings. The molecule has 0 radical (unpaired) electrons. The van der Waals surface area contributed by atoms with Crippen LogP contribution in [0, 0.1) is 5.82 Å². The van der Waals surface area contributed by atoms with Gasteiger partial charge in [-0.25, -0.2) is 14.2 Å². The number of aromatic amines is 1. The Morgan fingerprint density at radius 2 is 1.94 bits per heavy atom. The molecule has 2 N–H and O–H groups in total. The molecule has 3 aromatic rings. The predicted molar refractivity (Wildman–Crippen MR) is 132 cm³/mol. The molecular weight excluding hydrogens is 487 g/mol. The molecule has 2 amide bonds. The van der Waals surface area contributed by atoms with Gasteiger partial charge in [0.25, 0.3) is 0 Å². The summed E-state index contributed by atoms with van der Waals surface area (Å²) < 4.78 is 14.0. The Kier molecular flexibility index (Phi) is 6.07. The van der Waals surface area contributed by atoms with E-state index in [0.29, 0.717) is 17.6 Å². The molecule has 7 nitrogen and oxygen atoms in total. The van der Waals surface area contributed by atoms with Crippen molar-refractivity contribution < 1.29 is 9.18 Å². The smallest absolute Gasteiger partial charge is 0.320 e. The lowest BCUT2D eigenvalue weighted by molar-refractivity contribution is 0.125. The SMILES string of the molecule is CN1CCN(C(=O)N2CC=C(c3cc4c(Nc5ccc(F)c(Br)c5)ccnc4[nH]3)CC2)CC1. The van der Waals surface area contributed by atoms with Crippen molar-refractivity contribution in [3.05, 3.63) is 58.6 Å². The van der Waals surface area contributed by atoms with Crippen LogP contribution in [-0.2, 0) is 0 Å². The lowest BCUT2D eigenvalue weighted by Gasteiger charge is -2.37. The highest BCUT2D eigenvalue weighted by Gasteiger charge is 2.26. The Hall–Kier alpha value is -2.91. The van der Waals surface area contributed by atoms with Gasteiger partial charge in [0, 0.05) is 62.2 Å². The fraction of sp³-hybridized carbons (Fsp3) is 0.333. The van der Waals surface area contributed by atoms with Gasteiger partial charge < -0.3 is 25.0 Å². The Morgan fingerprint density at radius 1 is 1.12 bits per heavy atom. The number of nitrogens with zero attached hydrogens (tertiary/aromatic N) is 4. The number of carbonyl (C=O) groups excluding carboxylic acids is 1. The minimum absolute atomic E-state index is 0.133. The topological polar surface area (TPSA) is 67.5 Å². The number of amides is 2. The van der Waals surface area contributed by atoms with Crippen LogP contribution in [0.15, 0.2) is 47.1 Å². The van der Waals surface area contributed by atoms with E-state index in [1.54, 1.807) is 18.3 Å². The summed E-state index contributed by atoms with van der Waals surface area (Å²) >= 11 is 3.23. The first-order valence-electron chi connectivity index (χ1n) is 11.1. The Labute approximate surface area is 200 Å². The third kappa shape index (κ3) is 4.60. The van der Waals surface area contributed by atoms with Crippen LogP contribution >= 0.6 is 15.9 Å². The summed E-state index contributed by atoms with van der Waals surface area (Å²) in [6.45, 7) is 4.74. The number of H-pyrrole nitrogens is 1. The molecule has 4 heterocycles. The first kappa shape index (κ1) is 21.9. The molecule has 172 valence electrons. The van der Waals surface area contributed by atoms with Gasteiger partial charge >= 0.3 is 6.03 Å². The summed E-state index contributed by atoms with van der Waals surface area (Å²) in [5.74, 6) is -0.297. The second-order valence-electron chi connectivity index (χ2n) is 8.56. The molecule has 2 aliphatic rings. The van der Waals surface area contributed by atoms with E-state index in [-0.39, 0.29) is 11.8 Å². The molecule has 1 saturated heterocycles. The molecule has 1 aromatic carbocycles. The quantitative estimate of drug-likeness (QED) is 0.535. The van der Waals surface area contributed by atoms with Gasteiger partial charge in [-0.05, 0) is 65.3 Å². The summed E-state index contributed by atoms with van der Waals surface area (Å²) in [6.07, 6.45) is 4.67. The summed E-state index contributed by atoms with van der Waals surface area (Å²) in [4.78, 5) is 26.9. The molecule has 0 atom stereocenters. The van der Waals surface area contributed by atoms with Gasteiger partial charge in [-0.2, -0.15) is 0 Å². The van der Waals surface area contributed by atoms with Crippen LogP contribution in [0.5, 0.6) is 0 Å². The molecule has 0 bridgehead atoms. The number of carbonyl (C=O) groups is 1. The van der Waals surface area contributed by atoms with Crippen molar-refractivity contribution in [2.24, 2.45) is 0 Å². The Bertz CT molecular complexity index is 1220. The zero-order chi connectivity index (χ0) is 22.9. The third-order valence-electron chi connectivity index (χ3n) is 6.33. The molecule has 0 saturated carbocycles. The van der Waals surface area contributed by atoms with Gasteiger partial charge in [0.1, 0.15) is 11.5 Å². The Morgan fingerprint density at radius 3 is 2.67 bits per heavy atom. The molecule has 0 aliphatic carbocycles. The number of anilines is 2. The predicted octanol–water partition coefficient (Wildman–Crippen LogP) is 4.66. The number of nitrogens with one attached hydrogen (secondary N) is 2. The number of likely N-dealkylation sites (N-methyl/N-ethyl adjacent to an activating group) is 1. The van der Waals surface area contributed by atoms with Crippen LogP contribution in [0.3, 0.4) is 0 Å². The number of pyridine rings is 1. The third-order valence-corrected chi connectivity index (χ3v) is 6.94. The zero-order valence-corrected chi connectivity index (χ0v) is 20.0. The number of benzene rings is 1. The van der Waals surface area contributed by atoms with Crippen LogP contribution in [0.1, 0.15) is 12.1 Å². The molecule has 2 aromatic heterocycles. The number of aromatic nitrogens is 2. The lowest BCUT2D eigenvalue weighted by atomic mass is 10.0. The maximum absolute atomic E-state index is 13.6. The largest absolute Gasteiger partial charge is 0.355 e. The van der Waals surface area contributed by atoms with Crippen LogP contribution in [0.25, 0.3) is 16.6 Å². The van der Waals surface area contributed by atoms with Gasteiger partial charge in [-0.3, -0.25) is 0 Å². The van der Waals surface area contributed by atoms with Crippen LogP contribution in [0.4, 0.5) is 20.6 Å². The average molecular weight is 513 g/mol. The molecule has 2 aliphatic heterocycles. The average Bonchev–Trinajstić information content (AvgIpc) is 3.27. The van der Waals surface area contributed by atoms with E-state index >= 15 is 0 Å². The van der Waals surface area contributed by atoms with E-state index in [2.05, 4.69) is 55.3 Å². The van der Waals surface area contributed by atoms with Crippen molar-refractivity contribution in [2.45, 2.75) is 6.42 Å². The molecule has 5 rings (SSSR count). The van der Waals surface area contributed by atoms with Gasteiger partial charge in [0.15, 0.2) is 0 Å². The molecular formula is C24H26BrFN6O. The lowest BCUT2D eigenvalue weighted by Crippen LogP contribution is -2.52. The van der Waals surface area contributed by atoms with E-state index in [1.165, 1.54) is 11.6 Å². The van der Waals surface area contributed by atoms with Crippen LogP contribution < -0.4 is 5.32 Å². The number of hydrogen-bond acceptors (Lipinski definition) is 4. The summed E-state index contributed by atoms with van der Waals surface area (Å²) in [6, 6.07) is 8.97. The fourth-order valence-electron chi connectivity index (χ4n) is 4.32. The van der Waals surface area contributed by atoms with Crippen molar-refractivity contribution >= 4 is 49.9 Å². The maximum atomic E-state index is 13.6. The zero-order valence-electron chi connectivity index (χ0n) is 18.4. The van der Waals surface area contributed by atoms with E-state index in [0.717, 1.165) is 60.7 Å². The fourth-order valence-corrected chi connectivity index (χ4v) is 4.70. The number of urea groups is 1. The highest BCUT2D eigenvalue weighted by molar-refractivity contribution is 9.10. The molecule has 0 unspecified atom stereocenters. The highest BCUT2D eigenvalue weighted by atomic mass is 79.9. The van der Waals surface area contributed by atoms with Crippen molar-refractivity contribution in [2.75, 3.05) is 51.6 Å². The summed E-state index contributed by atoms with van der Waals surface area (Å²) in [7, 11) is 2.09.